The van der Waals surface area contributed by atoms with Gasteiger partial charge in [-0.05, 0) is 36.8 Å². The fourth-order valence-electron chi connectivity index (χ4n) is 4.63. The summed E-state index contributed by atoms with van der Waals surface area (Å²) in [5.41, 5.74) is 3.73. The van der Waals surface area contributed by atoms with Crippen LogP contribution in [-0.2, 0) is 6.54 Å². The first kappa shape index (κ1) is 21.9. The molecule has 0 atom stereocenters. The van der Waals surface area contributed by atoms with E-state index in [0.717, 1.165) is 10.9 Å². The van der Waals surface area contributed by atoms with Crippen LogP contribution in [0.4, 0.5) is 10.1 Å². The molecule has 0 spiro atoms. The molecule has 0 unspecified atom stereocenters. The number of aromatic nitrogens is 1. The molecule has 0 radical (unpaired) electrons. The average Bonchev–Trinajstić information content (AvgIpc) is 3.22. The van der Waals surface area contributed by atoms with Crippen LogP contribution in [0, 0.1) is 5.82 Å². The number of hydrogen-bond donors (Lipinski definition) is 0. The molecule has 172 valence electrons. The van der Waals surface area contributed by atoms with E-state index in [2.05, 4.69) is 16.7 Å². The molecule has 0 saturated carbocycles. The first-order valence-electron chi connectivity index (χ1n) is 11.5. The number of nitrogens with zero attached hydrogens (tertiary/aromatic N) is 3. The van der Waals surface area contributed by atoms with Crippen LogP contribution in [-0.4, -0.2) is 47.3 Å². The van der Waals surface area contributed by atoms with E-state index in [9.17, 15) is 14.0 Å². The minimum Gasteiger partial charge on any atom is -0.366 e. The van der Waals surface area contributed by atoms with Gasteiger partial charge in [-0.1, -0.05) is 48.5 Å². The summed E-state index contributed by atoms with van der Waals surface area (Å²) in [7, 11) is 0. The molecule has 1 amide bonds. The summed E-state index contributed by atoms with van der Waals surface area (Å²) in [6.07, 6.45) is 1.95. The summed E-state index contributed by atoms with van der Waals surface area (Å²) >= 11 is 0. The van der Waals surface area contributed by atoms with E-state index in [1.807, 2.05) is 58.5 Å². The van der Waals surface area contributed by atoms with Gasteiger partial charge in [0.25, 0.3) is 5.91 Å². The smallest absolute Gasteiger partial charge is 0.256 e. The zero-order valence-corrected chi connectivity index (χ0v) is 19.1. The lowest BCUT2D eigenvalue weighted by Gasteiger charge is -2.36. The van der Waals surface area contributed by atoms with Crippen molar-refractivity contribution in [3.8, 4) is 0 Å². The fraction of sp³-hybridized carbons (Fsp3) is 0.214. The second-order valence-electron chi connectivity index (χ2n) is 8.68. The average molecular weight is 456 g/mol. The SMILES string of the molecule is CC(=O)c1ccc(N2CCN(C(=O)c3cn(Cc4ccccc4)c4ccccc34)CC2)c(F)c1. The first-order chi connectivity index (χ1) is 16.5. The van der Waals surface area contributed by atoms with Crippen LogP contribution in [0.5, 0.6) is 0 Å². The van der Waals surface area contributed by atoms with Crippen molar-refractivity contribution in [2.75, 3.05) is 31.1 Å². The lowest BCUT2D eigenvalue weighted by atomic mass is 10.1. The molecule has 6 heteroatoms. The summed E-state index contributed by atoms with van der Waals surface area (Å²) in [4.78, 5) is 28.8. The number of rotatable bonds is 5. The van der Waals surface area contributed by atoms with Gasteiger partial charge in [-0.3, -0.25) is 9.59 Å². The Kier molecular flexibility index (Phi) is 5.88. The molecular weight excluding hydrogens is 429 g/mol. The second kappa shape index (κ2) is 9.14. The van der Waals surface area contributed by atoms with Gasteiger partial charge >= 0.3 is 0 Å². The lowest BCUT2D eigenvalue weighted by Crippen LogP contribution is -2.49. The van der Waals surface area contributed by atoms with Crippen molar-refractivity contribution in [1.82, 2.24) is 9.47 Å². The minimum atomic E-state index is -0.406. The van der Waals surface area contributed by atoms with Crippen LogP contribution in [0.15, 0.2) is 79.0 Å². The molecule has 2 heterocycles. The van der Waals surface area contributed by atoms with Crippen LogP contribution in [0.1, 0.15) is 33.2 Å². The number of para-hydroxylation sites is 1. The predicted molar refractivity (Wildman–Crippen MR) is 132 cm³/mol. The maximum Gasteiger partial charge on any atom is 0.256 e. The molecule has 5 rings (SSSR count). The predicted octanol–water partition coefficient (Wildman–Crippen LogP) is 4.99. The van der Waals surface area contributed by atoms with E-state index in [-0.39, 0.29) is 11.7 Å². The van der Waals surface area contributed by atoms with Gasteiger partial charge < -0.3 is 14.4 Å². The molecule has 0 N–H and O–H groups in total. The van der Waals surface area contributed by atoms with Gasteiger partial charge in [-0.15, -0.1) is 0 Å². The number of amides is 1. The Labute approximate surface area is 198 Å². The molecule has 1 fully saturated rings. The molecule has 34 heavy (non-hydrogen) atoms. The Morgan fingerprint density at radius 2 is 1.59 bits per heavy atom. The highest BCUT2D eigenvalue weighted by Crippen LogP contribution is 2.26. The highest BCUT2D eigenvalue weighted by atomic mass is 19.1. The van der Waals surface area contributed by atoms with Crippen LogP contribution in [0.3, 0.4) is 0 Å². The van der Waals surface area contributed by atoms with Gasteiger partial charge in [-0.2, -0.15) is 0 Å². The minimum absolute atomic E-state index is 0.00457. The number of fused-ring (bicyclic) bond motifs is 1. The number of piperazine rings is 1. The summed E-state index contributed by atoms with van der Waals surface area (Å²) in [6, 6.07) is 22.8. The standard InChI is InChI=1S/C28H26FN3O2/c1-20(33)22-11-12-27(25(29)17-22)30-13-15-31(16-14-30)28(34)24-19-32(18-21-7-3-2-4-8-21)26-10-6-5-9-23(24)26/h2-12,17,19H,13-16,18H2,1H3. The molecule has 1 aromatic heterocycles. The van der Waals surface area contributed by atoms with E-state index in [0.29, 0.717) is 49.5 Å². The Morgan fingerprint density at radius 3 is 2.29 bits per heavy atom. The Hall–Kier alpha value is -3.93. The third-order valence-corrected chi connectivity index (χ3v) is 6.48. The van der Waals surface area contributed by atoms with Crippen molar-refractivity contribution in [2.24, 2.45) is 0 Å². The van der Waals surface area contributed by atoms with Crippen molar-refractivity contribution in [2.45, 2.75) is 13.5 Å². The van der Waals surface area contributed by atoms with E-state index in [1.54, 1.807) is 12.1 Å². The van der Waals surface area contributed by atoms with Gasteiger partial charge in [0.15, 0.2) is 5.78 Å². The number of carbonyl (C=O) groups excluding carboxylic acids is 2. The van der Waals surface area contributed by atoms with E-state index >= 15 is 0 Å². The lowest BCUT2D eigenvalue weighted by molar-refractivity contribution is 0.0748. The van der Waals surface area contributed by atoms with Crippen LogP contribution < -0.4 is 4.90 Å². The summed E-state index contributed by atoms with van der Waals surface area (Å²) in [6.45, 7) is 4.19. The van der Waals surface area contributed by atoms with Crippen molar-refractivity contribution in [1.29, 1.82) is 0 Å². The first-order valence-corrected chi connectivity index (χ1v) is 11.5. The number of anilines is 1. The monoisotopic (exact) mass is 455 g/mol. The van der Waals surface area contributed by atoms with Crippen molar-refractivity contribution in [3.05, 3.63) is 102 Å². The van der Waals surface area contributed by atoms with Crippen LogP contribution >= 0.6 is 0 Å². The van der Waals surface area contributed by atoms with Gasteiger partial charge in [0.2, 0.25) is 0 Å². The number of halogens is 1. The quantitative estimate of drug-likeness (QED) is 0.398. The molecule has 3 aromatic carbocycles. The summed E-state index contributed by atoms with van der Waals surface area (Å²) in [5, 5.41) is 0.941. The van der Waals surface area contributed by atoms with Crippen molar-refractivity contribution >= 4 is 28.3 Å². The maximum atomic E-state index is 14.6. The zero-order chi connectivity index (χ0) is 23.7. The molecule has 0 bridgehead atoms. The third kappa shape index (κ3) is 4.19. The third-order valence-electron chi connectivity index (χ3n) is 6.48. The molecular formula is C28H26FN3O2. The van der Waals surface area contributed by atoms with Crippen LogP contribution in [0.2, 0.25) is 0 Å². The molecule has 1 saturated heterocycles. The van der Waals surface area contributed by atoms with Crippen LogP contribution in [0.25, 0.3) is 10.9 Å². The Balaban J connectivity index is 1.34. The Bertz CT molecular complexity index is 1350. The zero-order valence-electron chi connectivity index (χ0n) is 19.1. The maximum absolute atomic E-state index is 14.6. The molecule has 4 aromatic rings. The highest BCUT2D eigenvalue weighted by molar-refractivity contribution is 6.07. The van der Waals surface area contributed by atoms with Crippen molar-refractivity contribution < 1.29 is 14.0 Å². The number of benzene rings is 3. The molecule has 1 aliphatic rings. The topological polar surface area (TPSA) is 45.6 Å². The number of ketones is 1. The van der Waals surface area contributed by atoms with Gasteiger partial charge in [0, 0.05) is 55.4 Å². The number of Topliss-reactive ketones (excluding diaryl/α,β-unsaturated/α-hetero) is 1. The highest BCUT2D eigenvalue weighted by Gasteiger charge is 2.26. The Morgan fingerprint density at radius 1 is 0.882 bits per heavy atom. The van der Waals surface area contributed by atoms with Gasteiger partial charge in [-0.25, -0.2) is 4.39 Å². The van der Waals surface area contributed by atoms with Gasteiger partial charge in [0.05, 0.1) is 11.3 Å². The number of carbonyl (C=O) groups is 2. The van der Waals surface area contributed by atoms with E-state index in [1.165, 1.54) is 18.6 Å². The fourth-order valence-corrected chi connectivity index (χ4v) is 4.63. The molecule has 1 aliphatic heterocycles. The van der Waals surface area contributed by atoms with Crippen molar-refractivity contribution in [3.63, 3.8) is 0 Å². The second-order valence-corrected chi connectivity index (χ2v) is 8.68. The number of hydrogen-bond acceptors (Lipinski definition) is 3. The summed E-state index contributed by atoms with van der Waals surface area (Å²) in [5.74, 6) is -0.571. The van der Waals surface area contributed by atoms with Gasteiger partial charge in [0.1, 0.15) is 5.82 Å². The summed E-state index contributed by atoms with van der Waals surface area (Å²) < 4.78 is 16.7. The normalized spacial score (nSPS) is 13.9. The molecule has 0 aliphatic carbocycles. The van der Waals surface area contributed by atoms with E-state index < -0.39 is 5.82 Å². The molecule has 5 nitrogen and oxygen atoms in total. The van der Waals surface area contributed by atoms with E-state index in [4.69, 9.17) is 0 Å². The largest absolute Gasteiger partial charge is 0.366 e.